The van der Waals surface area contributed by atoms with Crippen LogP contribution >= 0.6 is 0 Å². The van der Waals surface area contributed by atoms with Crippen LogP contribution in [0.15, 0.2) is 18.2 Å². The minimum Gasteiger partial charge on any atom is -0.480 e. The highest BCUT2D eigenvalue weighted by atomic mass is 19.4. The Morgan fingerprint density at radius 2 is 1.86 bits per heavy atom. The first kappa shape index (κ1) is 17.9. The van der Waals surface area contributed by atoms with Gasteiger partial charge in [-0.1, -0.05) is 13.8 Å². The van der Waals surface area contributed by atoms with Crippen molar-refractivity contribution < 1.29 is 32.3 Å². The van der Waals surface area contributed by atoms with E-state index in [4.69, 9.17) is 5.11 Å². The highest BCUT2D eigenvalue weighted by Crippen LogP contribution is 2.31. The summed E-state index contributed by atoms with van der Waals surface area (Å²) in [5.41, 5.74) is -2.03. The summed E-state index contributed by atoms with van der Waals surface area (Å²) in [6, 6.07) is 0.523. The molecule has 1 aromatic rings. The fourth-order valence-electron chi connectivity index (χ4n) is 1.82. The zero-order valence-electron chi connectivity index (χ0n) is 11.9. The number of aliphatic carboxylic acids is 1. The molecule has 0 bridgehead atoms. The average molecular weight is 321 g/mol. The van der Waals surface area contributed by atoms with Crippen LogP contribution in [0.25, 0.3) is 0 Å². The number of carbonyl (C=O) groups excluding carboxylic acids is 1. The van der Waals surface area contributed by atoms with Crippen LogP contribution in [0.3, 0.4) is 0 Å². The van der Waals surface area contributed by atoms with E-state index in [1.54, 1.807) is 13.8 Å². The number of carbonyl (C=O) groups is 2. The molecular weight excluding hydrogens is 306 g/mol. The van der Waals surface area contributed by atoms with Gasteiger partial charge in [-0.15, -0.1) is 0 Å². The van der Waals surface area contributed by atoms with E-state index in [1.165, 1.54) is 0 Å². The van der Waals surface area contributed by atoms with Crippen molar-refractivity contribution in [1.29, 1.82) is 0 Å². The Balaban J connectivity index is 3.00. The lowest BCUT2D eigenvalue weighted by atomic mass is 10.0. The topological polar surface area (TPSA) is 66.4 Å². The number of benzene rings is 1. The van der Waals surface area contributed by atoms with E-state index in [0.717, 1.165) is 6.07 Å². The van der Waals surface area contributed by atoms with Crippen molar-refractivity contribution in [2.75, 3.05) is 0 Å². The predicted molar refractivity (Wildman–Crippen MR) is 69.7 cm³/mol. The highest BCUT2D eigenvalue weighted by Gasteiger charge is 2.35. The van der Waals surface area contributed by atoms with Gasteiger partial charge in [0.15, 0.2) is 0 Å². The smallest absolute Gasteiger partial charge is 0.419 e. The molecule has 1 atom stereocenters. The minimum atomic E-state index is -4.94. The molecule has 0 spiro atoms. The second kappa shape index (κ2) is 6.76. The van der Waals surface area contributed by atoms with Gasteiger partial charge >= 0.3 is 12.1 Å². The van der Waals surface area contributed by atoms with E-state index < -0.39 is 41.0 Å². The predicted octanol–water partition coefficient (Wildman–Crippen LogP) is 3.07. The van der Waals surface area contributed by atoms with Gasteiger partial charge in [-0.05, 0) is 30.5 Å². The molecule has 0 saturated heterocycles. The van der Waals surface area contributed by atoms with Gasteiger partial charge < -0.3 is 10.4 Å². The summed E-state index contributed by atoms with van der Waals surface area (Å²) >= 11 is 0. The normalized spacial score (nSPS) is 13.0. The summed E-state index contributed by atoms with van der Waals surface area (Å²) in [5, 5.41) is 11.1. The van der Waals surface area contributed by atoms with Crippen molar-refractivity contribution in [3.8, 4) is 0 Å². The molecule has 1 amide bonds. The third-order valence-electron chi connectivity index (χ3n) is 2.84. The number of carboxylic acid groups (broad SMARTS) is 1. The Labute approximate surface area is 124 Å². The quantitative estimate of drug-likeness (QED) is 0.819. The van der Waals surface area contributed by atoms with Crippen LogP contribution in [0.5, 0.6) is 0 Å². The fraction of sp³-hybridized carbons (Fsp3) is 0.429. The first-order valence-electron chi connectivity index (χ1n) is 6.42. The van der Waals surface area contributed by atoms with Crippen molar-refractivity contribution >= 4 is 11.9 Å². The van der Waals surface area contributed by atoms with Gasteiger partial charge in [0.1, 0.15) is 11.9 Å². The summed E-state index contributed by atoms with van der Waals surface area (Å²) in [6.07, 6.45) is -4.82. The van der Waals surface area contributed by atoms with E-state index in [9.17, 15) is 27.2 Å². The zero-order chi connectivity index (χ0) is 17.1. The molecule has 8 heteroatoms. The second-order valence-electron chi connectivity index (χ2n) is 5.19. The van der Waals surface area contributed by atoms with Crippen molar-refractivity contribution in [2.45, 2.75) is 32.5 Å². The SMILES string of the molecule is CC(C)C[C@H](NC(=O)c1ccc(F)c(C(F)(F)F)c1)C(=O)O. The van der Waals surface area contributed by atoms with Gasteiger partial charge in [-0.25, -0.2) is 9.18 Å². The number of alkyl halides is 3. The van der Waals surface area contributed by atoms with E-state index in [-0.39, 0.29) is 12.3 Å². The standard InChI is InChI=1S/C14H15F4NO3/c1-7(2)5-11(13(21)22)19-12(20)8-3-4-10(15)9(6-8)14(16,17)18/h3-4,6-7,11H,5H2,1-2H3,(H,19,20)(H,21,22)/t11-/m0/s1. The van der Waals surface area contributed by atoms with Gasteiger partial charge in [-0.3, -0.25) is 4.79 Å². The highest BCUT2D eigenvalue weighted by molar-refractivity contribution is 5.96. The summed E-state index contributed by atoms with van der Waals surface area (Å²) in [6.45, 7) is 3.48. The molecule has 1 aromatic carbocycles. The average Bonchev–Trinajstić information content (AvgIpc) is 2.36. The van der Waals surface area contributed by atoms with Gasteiger partial charge in [-0.2, -0.15) is 13.2 Å². The number of rotatable bonds is 5. The van der Waals surface area contributed by atoms with Crippen LogP contribution in [-0.2, 0) is 11.0 Å². The minimum absolute atomic E-state index is 0.0413. The summed E-state index contributed by atoms with van der Waals surface area (Å²) < 4.78 is 50.9. The van der Waals surface area contributed by atoms with Gasteiger partial charge in [0.25, 0.3) is 5.91 Å². The number of carboxylic acids is 1. The van der Waals surface area contributed by atoms with E-state index in [1.807, 2.05) is 0 Å². The largest absolute Gasteiger partial charge is 0.480 e. The van der Waals surface area contributed by atoms with Crippen LogP contribution in [0.2, 0.25) is 0 Å². The molecule has 0 fully saturated rings. The Kier molecular flexibility index (Phi) is 5.51. The Morgan fingerprint density at radius 1 is 1.27 bits per heavy atom. The van der Waals surface area contributed by atoms with E-state index in [0.29, 0.717) is 12.1 Å². The third-order valence-corrected chi connectivity index (χ3v) is 2.84. The van der Waals surface area contributed by atoms with Crippen LogP contribution in [0.1, 0.15) is 36.2 Å². The maximum absolute atomic E-state index is 13.1. The Hall–Kier alpha value is -2.12. The lowest BCUT2D eigenvalue weighted by molar-refractivity contribution is -0.140. The van der Waals surface area contributed by atoms with Gasteiger partial charge in [0.05, 0.1) is 5.56 Å². The van der Waals surface area contributed by atoms with Crippen LogP contribution in [0.4, 0.5) is 17.6 Å². The molecule has 1 rings (SSSR count). The maximum Gasteiger partial charge on any atom is 0.419 e. The number of amides is 1. The molecular formula is C14H15F4NO3. The molecule has 0 aromatic heterocycles. The summed E-state index contributed by atoms with van der Waals surface area (Å²) in [7, 11) is 0. The lowest BCUT2D eigenvalue weighted by Crippen LogP contribution is -2.41. The zero-order valence-corrected chi connectivity index (χ0v) is 11.9. The molecule has 22 heavy (non-hydrogen) atoms. The van der Waals surface area contributed by atoms with Crippen molar-refractivity contribution in [1.82, 2.24) is 5.32 Å². The molecule has 0 aliphatic heterocycles. The maximum atomic E-state index is 13.1. The van der Waals surface area contributed by atoms with Crippen molar-refractivity contribution in [3.63, 3.8) is 0 Å². The number of halogens is 4. The van der Waals surface area contributed by atoms with E-state index in [2.05, 4.69) is 5.32 Å². The molecule has 0 radical (unpaired) electrons. The number of nitrogens with one attached hydrogen (secondary N) is 1. The molecule has 2 N–H and O–H groups in total. The molecule has 4 nitrogen and oxygen atoms in total. The lowest BCUT2D eigenvalue weighted by Gasteiger charge is -2.17. The van der Waals surface area contributed by atoms with Crippen LogP contribution in [0, 0.1) is 11.7 Å². The molecule has 0 unspecified atom stereocenters. The molecule has 0 heterocycles. The third kappa shape index (κ3) is 4.71. The molecule has 0 saturated carbocycles. The monoisotopic (exact) mass is 321 g/mol. The van der Waals surface area contributed by atoms with Crippen molar-refractivity contribution in [2.24, 2.45) is 5.92 Å². The fourth-order valence-corrected chi connectivity index (χ4v) is 1.82. The molecule has 0 aliphatic carbocycles. The van der Waals surface area contributed by atoms with Crippen LogP contribution < -0.4 is 5.32 Å². The Bertz CT molecular complexity index is 570. The Morgan fingerprint density at radius 3 is 2.32 bits per heavy atom. The van der Waals surface area contributed by atoms with Crippen LogP contribution in [-0.4, -0.2) is 23.0 Å². The first-order chi connectivity index (χ1) is 10.0. The molecule has 0 aliphatic rings. The number of hydrogen-bond donors (Lipinski definition) is 2. The summed E-state index contributed by atoms with van der Waals surface area (Å²) in [5.74, 6) is -3.83. The summed E-state index contributed by atoms with van der Waals surface area (Å²) in [4.78, 5) is 22.9. The first-order valence-corrected chi connectivity index (χ1v) is 6.42. The molecule has 122 valence electrons. The van der Waals surface area contributed by atoms with Gasteiger partial charge in [0, 0.05) is 5.56 Å². The second-order valence-corrected chi connectivity index (χ2v) is 5.19. The van der Waals surface area contributed by atoms with E-state index >= 15 is 0 Å². The number of hydrogen-bond acceptors (Lipinski definition) is 2. The van der Waals surface area contributed by atoms with Gasteiger partial charge in [0.2, 0.25) is 0 Å². The van der Waals surface area contributed by atoms with Crippen molar-refractivity contribution in [3.05, 3.63) is 35.1 Å².